The SMILES string of the molecule is COc1ccc2c(c1)[C@@H](N1CCCC(=Cc3ccc(-n4cnc(C)c4)c(OC)c3)C1=O)CC2. The molecule has 5 rings (SSSR count). The van der Waals surface area contributed by atoms with E-state index in [1.54, 1.807) is 20.5 Å². The van der Waals surface area contributed by atoms with Gasteiger partial charge in [-0.2, -0.15) is 0 Å². The summed E-state index contributed by atoms with van der Waals surface area (Å²) in [7, 11) is 3.35. The number of methoxy groups -OCH3 is 2. The summed E-state index contributed by atoms with van der Waals surface area (Å²) in [6.07, 6.45) is 9.49. The number of aryl methyl sites for hydroxylation is 2. The van der Waals surface area contributed by atoms with E-state index in [0.717, 1.165) is 66.2 Å². The van der Waals surface area contributed by atoms with Crippen LogP contribution in [0.15, 0.2) is 54.5 Å². The molecule has 2 heterocycles. The Hall–Kier alpha value is -3.54. The van der Waals surface area contributed by atoms with Crippen LogP contribution in [0.1, 0.15) is 47.7 Å². The molecule has 0 bridgehead atoms. The van der Waals surface area contributed by atoms with Crippen LogP contribution in [0.4, 0.5) is 0 Å². The minimum Gasteiger partial charge on any atom is -0.497 e. The third-order valence-corrected chi connectivity index (χ3v) is 6.69. The predicted octanol–water partition coefficient (Wildman–Crippen LogP) is 4.89. The van der Waals surface area contributed by atoms with E-state index in [1.165, 1.54) is 11.1 Å². The maximum Gasteiger partial charge on any atom is 0.250 e. The molecule has 0 unspecified atom stereocenters. The largest absolute Gasteiger partial charge is 0.497 e. The van der Waals surface area contributed by atoms with Crippen molar-refractivity contribution in [2.24, 2.45) is 0 Å². The van der Waals surface area contributed by atoms with E-state index >= 15 is 0 Å². The highest BCUT2D eigenvalue weighted by molar-refractivity contribution is 5.99. The Morgan fingerprint density at radius 3 is 2.73 bits per heavy atom. The lowest BCUT2D eigenvalue weighted by molar-refractivity contribution is -0.131. The third-order valence-electron chi connectivity index (χ3n) is 6.69. The van der Waals surface area contributed by atoms with Gasteiger partial charge in [-0.3, -0.25) is 4.79 Å². The van der Waals surface area contributed by atoms with Gasteiger partial charge in [0.2, 0.25) is 5.91 Å². The molecule has 1 aromatic heterocycles. The fourth-order valence-electron chi connectivity index (χ4n) is 5.02. The van der Waals surface area contributed by atoms with Gasteiger partial charge in [-0.05, 0) is 79.6 Å². The zero-order chi connectivity index (χ0) is 22.9. The van der Waals surface area contributed by atoms with Crippen molar-refractivity contribution in [3.8, 4) is 17.2 Å². The molecule has 1 amide bonds. The van der Waals surface area contributed by atoms with E-state index in [1.807, 2.05) is 48.0 Å². The number of piperidine rings is 1. The molecule has 2 aliphatic rings. The van der Waals surface area contributed by atoms with Gasteiger partial charge in [-0.1, -0.05) is 12.1 Å². The Balaban J connectivity index is 1.42. The van der Waals surface area contributed by atoms with Crippen LogP contribution in [0.2, 0.25) is 0 Å². The summed E-state index contributed by atoms with van der Waals surface area (Å²) in [5, 5.41) is 0. The van der Waals surface area contributed by atoms with Crippen LogP contribution in [-0.4, -0.2) is 41.1 Å². The highest BCUT2D eigenvalue weighted by Crippen LogP contribution is 2.40. The van der Waals surface area contributed by atoms with Gasteiger partial charge in [0.1, 0.15) is 11.5 Å². The second kappa shape index (κ2) is 8.77. The minimum absolute atomic E-state index is 0.118. The molecule has 1 aliphatic carbocycles. The molecule has 0 spiro atoms. The van der Waals surface area contributed by atoms with Crippen LogP contribution in [0.25, 0.3) is 11.8 Å². The van der Waals surface area contributed by atoms with Gasteiger partial charge in [0.15, 0.2) is 0 Å². The number of likely N-dealkylation sites (tertiary alicyclic amines) is 1. The van der Waals surface area contributed by atoms with Gasteiger partial charge in [0.05, 0.1) is 38.0 Å². The second-order valence-corrected chi connectivity index (χ2v) is 8.74. The predicted molar refractivity (Wildman–Crippen MR) is 128 cm³/mol. The topological polar surface area (TPSA) is 56.6 Å². The van der Waals surface area contributed by atoms with Gasteiger partial charge in [-0.25, -0.2) is 4.98 Å². The molecule has 170 valence electrons. The molecule has 1 aliphatic heterocycles. The maximum atomic E-state index is 13.5. The van der Waals surface area contributed by atoms with Crippen LogP contribution >= 0.6 is 0 Å². The fraction of sp³-hybridized carbons (Fsp3) is 0.333. The van der Waals surface area contributed by atoms with E-state index in [9.17, 15) is 4.79 Å². The normalized spacial score (nSPS) is 19.1. The number of carbonyl (C=O) groups excluding carboxylic acids is 1. The van der Waals surface area contributed by atoms with E-state index in [0.29, 0.717) is 0 Å². The lowest BCUT2D eigenvalue weighted by atomic mass is 9.97. The molecular formula is C27H29N3O3. The van der Waals surface area contributed by atoms with E-state index in [4.69, 9.17) is 9.47 Å². The van der Waals surface area contributed by atoms with Gasteiger partial charge < -0.3 is 18.9 Å². The van der Waals surface area contributed by atoms with Crippen molar-refractivity contribution >= 4 is 12.0 Å². The first kappa shape index (κ1) is 21.3. The Labute approximate surface area is 194 Å². The summed E-state index contributed by atoms with van der Waals surface area (Å²) in [4.78, 5) is 19.9. The number of hydrogen-bond donors (Lipinski definition) is 0. The number of aromatic nitrogens is 2. The molecule has 1 atom stereocenters. The van der Waals surface area contributed by atoms with Crippen molar-refractivity contribution in [1.29, 1.82) is 0 Å². The molecule has 2 aromatic carbocycles. The van der Waals surface area contributed by atoms with Crippen molar-refractivity contribution in [3.63, 3.8) is 0 Å². The minimum atomic E-state index is 0.118. The molecule has 1 saturated heterocycles. The number of ether oxygens (including phenoxy) is 2. The zero-order valence-electron chi connectivity index (χ0n) is 19.4. The third kappa shape index (κ3) is 4.01. The number of amides is 1. The molecule has 6 nitrogen and oxygen atoms in total. The summed E-state index contributed by atoms with van der Waals surface area (Å²) < 4.78 is 13.0. The van der Waals surface area contributed by atoms with Crippen molar-refractivity contribution in [1.82, 2.24) is 14.5 Å². The number of imidazole rings is 1. The summed E-state index contributed by atoms with van der Waals surface area (Å²) in [5.74, 6) is 1.73. The first-order valence-corrected chi connectivity index (χ1v) is 11.4. The summed E-state index contributed by atoms with van der Waals surface area (Å²) in [6.45, 7) is 2.75. The van der Waals surface area contributed by atoms with Crippen LogP contribution in [0.5, 0.6) is 11.5 Å². The fourth-order valence-corrected chi connectivity index (χ4v) is 5.02. The van der Waals surface area contributed by atoms with Crippen LogP contribution in [0.3, 0.4) is 0 Å². The van der Waals surface area contributed by atoms with E-state index in [2.05, 4.69) is 22.0 Å². The summed E-state index contributed by atoms with van der Waals surface area (Å²) in [5.41, 5.74) is 6.23. The highest BCUT2D eigenvalue weighted by atomic mass is 16.5. The molecule has 33 heavy (non-hydrogen) atoms. The Morgan fingerprint density at radius 1 is 1.09 bits per heavy atom. The van der Waals surface area contributed by atoms with E-state index < -0.39 is 0 Å². The Bertz CT molecular complexity index is 1230. The lowest BCUT2D eigenvalue weighted by Crippen LogP contribution is -2.39. The Morgan fingerprint density at radius 2 is 1.97 bits per heavy atom. The van der Waals surface area contributed by atoms with Crippen molar-refractivity contribution in [2.45, 2.75) is 38.6 Å². The number of hydrogen-bond acceptors (Lipinski definition) is 4. The number of carbonyl (C=O) groups is 1. The Kier molecular flexibility index (Phi) is 5.67. The standard InChI is InChI=1S/C27H29N3O3/c1-18-16-29(17-28-18)25-10-6-19(14-26(25)33-3)13-21-5-4-12-30(27(21)31)24-11-8-20-7-9-22(32-2)15-23(20)24/h6-7,9-10,13-17,24H,4-5,8,11-12H2,1-3H3/t24-/m0/s1. The van der Waals surface area contributed by atoms with E-state index in [-0.39, 0.29) is 11.9 Å². The van der Waals surface area contributed by atoms with Crippen LogP contribution < -0.4 is 9.47 Å². The van der Waals surface area contributed by atoms with Gasteiger partial charge in [0.25, 0.3) is 0 Å². The first-order valence-electron chi connectivity index (χ1n) is 11.4. The van der Waals surface area contributed by atoms with Gasteiger partial charge in [-0.15, -0.1) is 0 Å². The lowest BCUT2D eigenvalue weighted by Gasteiger charge is -2.34. The van der Waals surface area contributed by atoms with Crippen molar-refractivity contribution in [3.05, 3.63) is 76.9 Å². The van der Waals surface area contributed by atoms with Gasteiger partial charge in [0, 0.05) is 18.3 Å². The molecule has 3 aromatic rings. The molecular weight excluding hydrogens is 414 g/mol. The quantitative estimate of drug-likeness (QED) is 0.527. The maximum absolute atomic E-state index is 13.5. The number of fused-ring (bicyclic) bond motifs is 1. The molecule has 0 N–H and O–H groups in total. The monoisotopic (exact) mass is 443 g/mol. The zero-order valence-corrected chi connectivity index (χ0v) is 19.4. The smallest absolute Gasteiger partial charge is 0.250 e. The highest BCUT2D eigenvalue weighted by Gasteiger charge is 2.34. The average molecular weight is 444 g/mol. The van der Waals surface area contributed by atoms with Gasteiger partial charge >= 0.3 is 0 Å². The average Bonchev–Trinajstić information content (AvgIpc) is 3.46. The summed E-state index contributed by atoms with van der Waals surface area (Å²) in [6, 6.07) is 12.4. The number of benzene rings is 2. The van der Waals surface area contributed by atoms with Crippen molar-refractivity contribution in [2.75, 3.05) is 20.8 Å². The number of nitrogens with zero attached hydrogens (tertiary/aromatic N) is 3. The van der Waals surface area contributed by atoms with Crippen molar-refractivity contribution < 1.29 is 14.3 Å². The first-order chi connectivity index (χ1) is 16.1. The number of rotatable bonds is 5. The molecule has 0 radical (unpaired) electrons. The molecule has 0 saturated carbocycles. The molecule has 1 fully saturated rings. The summed E-state index contributed by atoms with van der Waals surface area (Å²) >= 11 is 0. The second-order valence-electron chi connectivity index (χ2n) is 8.74. The van der Waals surface area contributed by atoms with Crippen LogP contribution in [0, 0.1) is 6.92 Å². The van der Waals surface area contributed by atoms with Crippen LogP contribution in [-0.2, 0) is 11.2 Å². The molecule has 6 heteroatoms.